The van der Waals surface area contributed by atoms with E-state index in [4.69, 9.17) is 0 Å². The van der Waals surface area contributed by atoms with E-state index in [0.717, 1.165) is 20.6 Å². The lowest BCUT2D eigenvalue weighted by atomic mass is 10.1. The average Bonchev–Trinajstić information content (AvgIpc) is 2.76. The second kappa shape index (κ2) is 6.11. The van der Waals surface area contributed by atoms with E-state index in [1.165, 1.54) is 0 Å². The summed E-state index contributed by atoms with van der Waals surface area (Å²) in [6, 6.07) is 5.85. The summed E-state index contributed by atoms with van der Waals surface area (Å²) in [4.78, 5) is 17.1. The zero-order valence-electron chi connectivity index (χ0n) is 9.94. The van der Waals surface area contributed by atoms with Crippen molar-refractivity contribution in [2.45, 2.75) is 19.9 Å². The Balaban J connectivity index is 1.88. The first-order valence-corrected chi connectivity index (χ1v) is 7.22. The number of nitrogens with one attached hydrogen (secondary N) is 1. The Bertz CT molecular complexity index is 553. The molecule has 0 spiro atoms. The molecule has 2 heterocycles. The molecule has 0 unspecified atom stereocenters. The Kier molecular flexibility index (Phi) is 4.49. The minimum Gasteiger partial charge on any atom is -0.351 e. The van der Waals surface area contributed by atoms with Gasteiger partial charge >= 0.3 is 0 Å². The standard InChI is InChI=1S/C13H13BrN2OS/c1-9-3-2-4-15-12(9)6-13(17)16-7-11-5-10(14)8-18-11/h2-5,8H,6-7H2,1H3,(H,16,17). The van der Waals surface area contributed by atoms with E-state index in [2.05, 4.69) is 26.2 Å². The quantitative estimate of drug-likeness (QED) is 0.939. The lowest BCUT2D eigenvalue weighted by Crippen LogP contribution is -2.24. The Morgan fingerprint density at radius 1 is 1.56 bits per heavy atom. The summed E-state index contributed by atoms with van der Waals surface area (Å²) in [5, 5.41) is 4.90. The predicted molar refractivity (Wildman–Crippen MR) is 76.5 cm³/mol. The van der Waals surface area contributed by atoms with Crippen LogP contribution in [0, 0.1) is 6.92 Å². The summed E-state index contributed by atoms with van der Waals surface area (Å²) >= 11 is 5.01. The van der Waals surface area contributed by atoms with Gasteiger partial charge in [0.25, 0.3) is 0 Å². The Morgan fingerprint density at radius 2 is 2.39 bits per heavy atom. The number of thiophene rings is 1. The van der Waals surface area contributed by atoms with Crippen LogP contribution in [0.5, 0.6) is 0 Å². The molecule has 2 aromatic rings. The second-order valence-electron chi connectivity index (χ2n) is 3.95. The smallest absolute Gasteiger partial charge is 0.226 e. The molecule has 0 fully saturated rings. The summed E-state index contributed by atoms with van der Waals surface area (Å²) in [5.41, 5.74) is 1.88. The first kappa shape index (κ1) is 13.2. The third-order valence-electron chi connectivity index (χ3n) is 2.53. The van der Waals surface area contributed by atoms with Crippen LogP contribution in [0.4, 0.5) is 0 Å². The number of amides is 1. The summed E-state index contributed by atoms with van der Waals surface area (Å²) in [5.74, 6) is 0.00122. The number of rotatable bonds is 4. The Morgan fingerprint density at radius 3 is 3.06 bits per heavy atom. The van der Waals surface area contributed by atoms with Crippen LogP contribution in [-0.2, 0) is 17.8 Å². The molecule has 0 aliphatic carbocycles. The normalized spacial score (nSPS) is 10.3. The van der Waals surface area contributed by atoms with E-state index in [-0.39, 0.29) is 5.91 Å². The molecule has 2 rings (SSSR count). The van der Waals surface area contributed by atoms with Crippen LogP contribution in [0.2, 0.25) is 0 Å². The highest BCUT2D eigenvalue weighted by Crippen LogP contribution is 2.19. The van der Waals surface area contributed by atoms with E-state index in [1.54, 1.807) is 17.5 Å². The molecule has 0 radical (unpaired) electrons. The fraction of sp³-hybridized carbons (Fsp3) is 0.231. The van der Waals surface area contributed by atoms with Gasteiger partial charge < -0.3 is 5.32 Å². The zero-order chi connectivity index (χ0) is 13.0. The largest absolute Gasteiger partial charge is 0.351 e. The zero-order valence-corrected chi connectivity index (χ0v) is 12.3. The first-order valence-electron chi connectivity index (χ1n) is 5.55. The van der Waals surface area contributed by atoms with Gasteiger partial charge in [0.1, 0.15) is 0 Å². The minimum absolute atomic E-state index is 0.00122. The van der Waals surface area contributed by atoms with Crippen molar-refractivity contribution >= 4 is 33.2 Å². The molecule has 0 atom stereocenters. The molecule has 5 heteroatoms. The fourth-order valence-electron chi connectivity index (χ4n) is 1.55. The van der Waals surface area contributed by atoms with Gasteiger partial charge in [-0.1, -0.05) is 6.07 Å². The minimum atomic E-state index is 0.00122. The fourth-order valence-corrected chi connectivity index (χ4v) is 2.94. The molecular formula is C13H13BrN2OS. The Hall–Kier alpha value is -1.20. The van der Waals surface area contributed by atoms with Crippen molar-refractivity contribution in [3.8, 4) is 0 Å². The van der Waals surface area contributed by atoms with E-state index in [0.29, 0.717) is 13.0 Å². The number of aromatic nitrogens is 1. The number of halogens is 1. The van der Waals surface area contributed by atoms with Gasteiger partial charge in [0.2, 0.25) is 5.91 Å². The van der Waals surface area contributed by atoms with Gasteiger partial charge in [0, 0.05) is 20.9 Å². The van der Waals surface area contributed by atoms with Crippen molar-refractivity contribution in [3.63, 3.8) is 0 Å². The summed E-state index contributed by atoms with van der Waals surface area (Å²) in [6.07, 6.45) is 2.05. The van der Waals surface area contributed by atoms with Gasteiger partial charge in [-0.25, -0.2) is 0 Å². The highest BCUT2D eigenvalue weighted by atomic mass is 79.9. The number of hydrogen-bond acceptors (Lipinski definition) is 3. The number of hydrogen-bond donors (Lipinski definition) is 1. The number of carbonyl (C=O) groups is 1. The van der Waals surface area contributed by atoms with E-state index < -0.39 is 0 Å². The molecule has 1 N–H and O–H groups in total. The maximum absolute atomic E-state index is 11.8. The van der Waals surface area contributed by atoms with Gasteiger partial charge in [-0.15, -0.1) is 11.3 Å². The molecule has 94 valence electrons. The van der Waals surface area contributed by atoms with Gasteiger partial charge in [0.15, 0.2) is 0 Å². The molecule has 18 heavy (non-hydrogen) atoms. The molecule has 1 amide bonds. The van der Waals surface area contributed by atoms with Crippen LogP contribution >= 0.6 is 27.3 Å². The SMILES string of the molecule is Cc1cccnc1CC(=O)NCc1cc(Br)cs1. The van der Waals surface area contributed by atoms with Crippen molar-refractivity contribution in [3.05, 3.63) is 50.4 Å². The van der Waals surface area contributed by atoms with Crippen molar-refractivity contribution < 1.29 is 4.79 Å². The molecule has 0 aliphatic heterocycles. The first-order chi connectivity index (χ1) is 8.65. The summed E-state index contributed by atoms with van der Waals surface area (Å²) < 4.78 is 1.05. The topological polar surface area (TPSA) is 42.0 Å². The molecule has 0 saturated carbocycles. The van der Waals surface area contributed by atoms with Crippen LogP contribution in [-0.4, -0.2) is 10.9 Å². The number of pyridine rings is 1. The van der Waals surface area contributed by atoms with E-state index >= 15 is 0 Å². The molecule has 0 saturated heterocycles. The van der Waals surface area contributed by atoms with Gasteiger partial charge in [-0.2, -0.15) is 0 Å². The molecule has 2 aromatic heterocycles. The maximum atomic E-state index is 11.8. The number of carbonyl (C=O) groups excluding carboxylic acids is 1. The van der Waals surface area contributed by atoms with Crippen molar-refractivity contribution in [2.75, 3.05) is 0 Å². The van der Waals surface area contributed by atoms with Crippen LogP contribution in [0.1, 0.15) is 16.1 Å². The molecule has 3 nitrogen and oxygen atoms in total. The summed E-state index contributed by atoms with van der Waals surface area (Å²) in [7, 11) is 0. The van der Waals surface area contributed by atoms with E-state index in [1.807, 2.05) is 30.5 Å². The molecular weight excluding hydrogens is 312 g/mol. The van der Waals surface area contributed by atoms with Crippen molar-refractivity contribution in [2.24, 2.45) is 0 Å². The second-order valence-corrected chi connectivity index (χ2v) is 5.86. The van der Waals surface area contributed by atoms with Crippen molar-refractivity contribution in [1.29, 1.82) is 0 Å². The summed E-state index contributed by atoms with van der Waals surface area (Å²) in [6.45, 7) is 2.53. The molecule has 0 aromatic carbocycles. The highest BCUT2D eigenvalue weighted by Gasteiger charge is 2.07. The number of aryl methyl sites for hydroxylation is 1. The number of nitrogens with zero attached hydrogens (tertiary/aromatic N) is 1. The molecule has 0 bridgehead atoms. The van der Waals surface area contributed by atoms with Crippen LogP contribution in [0.15, 0.2) is 34.2 Å². The van der Waals surface area contributed by atoms with Crippen molar-refractivity contribution in [1.82, 2.24) is 10.3 Å². The lowest BCUT2D eigenvalue weighted by molar-refractivity contribution is -0.120. The van der Waals surface area contributed by atoms with Crippen LogP contribution in [0.25, 0.3) is 0 Å². The van der Waals surface area contributed by atoms with Gasteiger partial charge in [-0.05, 0) is 40.5 Å². The van der Waals surface area contributed by atoms with Gasteiger partial charge in [-0.3, -0.25) is 9.78 Å². The van der Waals surface area contributed by atoms with Gasteiger partial charge in [0.05, 0.1) is 18.7 Å². The average molecular weight is 325 g/mol. The third kappa shape index (κ3) is 3.65. The Labute approximate surface area is 118 Å². The van der Waals surface area contributed by atoms with Crippen LogP contribution < -0.4 is 5.32 Å². The lowest BCUT2D eigenvalue weighted by Gasteiger charge is -2.05. The third-order valence-corrected chi connectivity index (χ3v) is 4.23. The van der Waals surface area contributed by atoms with E-state index in [9.17, 15) is 4.79 Å². The highest BCUT2D eigenvalue weighted by molar-refractivity contribution is 9.10. The maximum Gasteiger partial charge on any atom is 0.226 e. The van der Waals surface area contributed by atoms with Crippen LogP contribution in [0.3, 0.4) is 0 Å². The molecule has 0 aliphatic rings. The monoisotopic (exact) mass is 324 g/mol. The predicted octanol–water partition coefficient (Wildman–Crippen LogP) is 3.07.